The molecule has 0 aliphatic carbocycles. The lowest BCUT2D eigenvalue weighted by atomic mass is 10.2. The monoisotopic (exact) mass is 358 g/mol. The smallest absolute Gasteiger partial charge is 0.317 e. The number of aliphatic carboxylic acids is 2. The van der Waals surface area contributed by atoms with Crippen LogP contribution in [0.4, 0.5) is 0 Å². The van der Waals surface area contributed by atoms with E-state index >= 15 is 0 Å². The molecule has 0 spiro atoms. The average Bonchev–Trinajstić information content (AvgIpc) is 2.49. The van der Waals surface area contributed by atoms with E-state index in [0.29, 0.717) is 32.1 Å². The van der Waals surface area contributed by atoms with Crippen LogP contribution in [0.2, 0.25) is 0 Å². The Morgan fingerprint density at radius 3 is 1.52 bits per heavy atom. The highest BCUT2D eigenvalue weighted by Crippen LogP contribution is 2.03. The standard InChI is InChI=1S/C17H34N4O4/c1-15(2)12-19-6-4-18(3)5-7-20(13-16(22)23)10-11-21(9-8-19)14-17(24)25/h15H,4-14H2,1-3H3,(H,22,23)(H,24,25). The molecule has 0 radical (unpaired) electrons. The lowest BCUT2D eigenvalue weighted by Gasteiger charge is -2.33. The minimum Gasteiger partial charge on any atom is -0.480 e. The molecule has 8 nitrogen and oxygen atoms in total. The van der Waals surface area contributed by atoms with Gasteiger partial charge in [0.1, 0.15) is 0 Å². The molecule has 0 aromatic rings. The van der Waals surface area contributed by atoms with Crippen LogP contribution >= 0.6 is 0 Å². The van der Waals surface area contributed by atoms with Gasteiger partial charge in [0.05, 0.1) is 13.1 Å². The Bertz CT molecular complexity index is 419. The van der Waals surface area contributed by atoms with Gasteiger partial charge in [-0.25, -0.2) is 0 Å². The first-order valence-corrected chi connectivity index (χ1v) is 9.05. The molecule has 1 saturated heterocycles. The Morgan fingerprint density at radius 1 is 0.760 bits per heavy atom. The molecule has 0 amide bonds. The predicted octanol–water partition coefficient (Wildman–Crippen LogP) is -0.337. The summed E-state index contributed by atoms with van der Waals surface area (Å²) in [5.74, 6) is -1.12. The summed E-state index contributed by atoms with van der Waals surface area (Å²) < 4.78 is 0. The lowest BCUT2D eigenvalue weighted by molar-refractivity contribution is -0.140. The number of carbonyl (C=O) groups is 2. The number of carboxylic acids is 2. The van der Waals surface area contributed by atoms with E-state index in [2.05, 4.69) is 30.7 Å². The van der Waals surface area contributed by atoms with E-state index in [1.807, 2.05) is 9.80 Å². The number of rotatable bonds is 6. The van der Waals surface area contributed by atoms with Crippen LogP contribution in [0.1, 0.15) is 13.8 Å². The molecule has 25 heavy (non-hydrogen) atoms. The summed E-state index contributed by atoms with van der Waals surface area (Å²) >= 11 is 0. The van der Waals surface area contributed by atoms with Crippen molar-refractivity contribution in [3.8, 4) is 0 Å². The van der Waals surface area contributed by atoms with Crippen molar-refractivity contribution in [3.05, 3.63) is 0 Å². The van der Waals surface area contributed by atoms with Crippen molar-refractivity contribution in [2.75, 3.05) is 79.0 Å². The summed E-state index contributed by atoms with van der Waals surface area (Å²) in [6, 6.07) is 0. The molecular formula is C17H34N4O4. The van der Waals surface area contributed by atoms with Crippen molar-refractivity contribution in [1.29, 1.82) is 0 Å². The number of hydrogen-bond donors (Lipinski definition) is 2. The zero-order valence-electron chi connectivity index (χ0n) is 15.9. The second kappa shape index (κ2) is 11.4. The van der Waals surface area contributed by atoms with Gasteiger partial charge in [-0.05, 0) is 13.0 Å². The molecule has 0 unspecified atom stereocenters. The van der Waals surface area contributed by atoms with Crippen LogP contribution in [0.3, 0.4) is 0 Å². The van der Waals surface area contributed by atoms with Crippen LogP contribution in [0.5, 0.6) is 0 Å². The fourth-order valence-corrected chi connectivity index (χ4v) is 3.03. The molecule has 0 aromatic heterocycles. The van der Waals surface area contributed by atoms with Crippen LogP contribution in [-0.2, 0) is 9.59 Å². The van der Waals surface area contributed by atoms with E-state index in [1.165, 1.54) is 0 Å². The van der Waals surface area contributed by atoms with Gasteiger partial charge in [0.25, 0.3) is 0 Å². The Balaban J connectivity index is 2.75. The maximum Gasteiger partial charge on any atom is 0.317 e. The lowest BCUT2D eigenvalue weighted by Crippen LogP contribution is -2.47. The first kappa shape index (κ1) is 21.8. The van der Waals surface area contributed by atoms with Crippen molar-refractivity contribution in [3.63, 3.8) is 0 Å². The van der Waals surface area contributed by atoms with E-state index in [1.54, 1.807) is 0 Å². The summed E-state index contributed by atoms with van der Waals surface area (Å²) in [5.41, 5.74) is 0. The molecule has 1 rings (SSSR count). The maximum absolute atomic E-state index is 11.1. The third-order valence-corrected chi connectivity index (χ3v) is 4.40. The van der Waals surface area contributed by atoms with Gasteiger partial charge >= 0.3 is 11.9 Å². The fourth-order valence-electron chi connectivity index (χ4n) is 3.03. The number of carboxylic acid groups (broad SMARTS) is 2. The Kier molecular flexibility index (Phi) is 9.96. The number of likely N-dealkylation sites (N-methyl/N-ethyl adjacent to an activating group) is 1. The average molecular weight is 358 g/mol. The molecule has 2 N–H and O–H groups in total. The second-order valence-corrected chi connectivity index (χ2v) is 7.34. The van der Waals surface area contributed by atoms with Crippen LogP contribution in [0, 0.1) is 5.92 Å². The fraction of sp³-hybridized carbons (Fsp3) is 0.882. The third-order valence-electron chi connectivity index (χ3n) is 4.40. The molecule has 1 fully saturated rings. The molecule has 1 heterocycles. The van der Waals surface area contributed by atoms with E-state index in [0.717, 1.165) is 32.7 Å². The largest absolute Gasteiger partial charge is 0.480 e. The van der Waals surface area contributed by atoms with Crippen molar-refractivity contribution >= 4 is 11.9 Å². The van der Waals surface area contributed by atoms with Gasteiger partial charge in [-0.2, -0.15) is 0 Å². The van der Waals surface area contributed by atoms with Crippen LogP contribution in [0.25, 0.3) is 0 Å². The van der Waals surface area contributed by atoms with Crippen molar-refractivity contribution in [2.24, 2.45) is 5.92 Å². The van der Waals surface area contributed by atoms with E-state index in [9.17, 15) is 9.59 Å². The molecule has 0 saturated carbocycles. The highest BCUT2D eigenvalue weighted by molar-refractivity contribution is 5.69. The van der Waals surface area contributed by atoms with Crippen LogP contribution in [-0.4, -0.2) is 121 Å². The Morgan fingerprint density at radius 2 is 1.12 bits per heavy atom. The summed E-state index contributed by atoms with van der Waals surface area (Å²) in [7, 11) is 2.06. The summed E-state index contributed by atoms with van der Waals surface area (Å²) in [4.78, 5) is 30.6. The molecule has 0 atom stereocenters. The normalized spacial score (nSPS) is 21.0. The van der Waals surface area contributed by atoms with Gasteiger partial charge in [-0.3, -0.25) is 19.4 Å². The zero-order chi connectivity index (χ0) is 18.8. The van der Waals surface area contributed by atoms with Gasteiger partial charge in [0.2, 0.25) is 0 Å². The third kappa shape index (κ3) is 10.4. The van der Waals surface area contributed by atoms with Gasteiger partial charge in [-0.15, -0.1) is 0 Å². The van der Waals surface area contributed by atoms with Gasteiger partial charge in [0, 0.05) is 58.9 Å². The first-order valence-electron chi connectivity index (χ1n) is 9.05. The highest BCUT2D eigenvalue weighted by Gasteiger charge is 2.18. The molecule has 0 bridgehead atoms. The van der Waals surface area contributed by atoms with Crippen LogP contribution in [0.15, 0.2) is 0 Å². The van der Waals surface area contributed by atoms with Crippen molar-refractivity contribution in [2.45, 2.75) is 13.8 Å². The topological polar surface area (TPSA) is 87.6 Å². The van der Waals surface area contributed by atoms with E-state index < -0.39 is 11.9 Å². The quantitative estimate of drug-likeness (QED) is 0.667. The van der Waals surface area contributed by atoms with Crippen molar-refractivity contribution in [1.82, 2.24) is 19.6 Å². The summed E-state index contributed by atoms with van der Waals surface area (Å²) in [5, 5.41) is 18.2. The second-order valence-electron chi connectivity index (χ2n) is 7.34. The minimum absolute atomic E-state index is 0.00364. The Hall–Kier alpha value is -1.22. The molecule has 8 heteroatoms. The van der Waals surface area contributed by atoms with Gasteiger partial charge in [-0.1, -0.05) is 13.8 Å². The maximum atomic E-state index is 11.1. The highest BCUT2D eigenvalue weighted by atomic mass is 16.4. The minimum atomic E-state index is -0.845. The van der Waals surface area contributed by atoms with Gasteiger partial charge < -0.3 is 20.0 Å². The summed E-state index contributed by atoms with van der Waals surface area (Å²) in [6.45, 7) is 11.4. The first-order chi connectivity index (χ1) is 11.8. The summed E-state index contributed by atoms with van der Waals surface area (Å²) in [6.07, 6.45) is 0. The SMILES string of the molecule is CC(C)CN1CCN(C)CCN(CC(=O)O)CCN(CC(=O)O)CC1. The van der Waals surface area contributed by atoms with Crippen molar-refractivity contribution < 1.29 is 19.8 Å². The molecule has 146 valence electrons. The van der Waals surface area contributed by atoms with Gasteiger partial charge in [0.15, 0.2) is 0 Å². The molecule has 1 aliphatic rings. The molecule has 0 aromatic carbocycles. The zero-order valence-corrected chi connectivity index (χ0v) is 15.9. The van der Waals surface area contributed by atoms with E-state index in [-0.39, 0.29) is 13.1 Å². The van der Waals surface area contributed by atoms with Crippen LogP contribution < -0.4 is 0 Å². The van der Waals surface area contributed by atoms with E-state index in [4.69, 9.17) is 10.2 Å². The number of nitrogens with zero attached hydrogens (tertiary/aromatic N) is 4. The molecule has 1 aliphatic heterocycles. The predicted molar refractivity (Wildman–Crippen MR) is 96.9 cm³/mol. The molecular weight excluding hydrogens is 324 g/mol. The Labute approximate surface area is 151 Å². The number of hydrogen-bond acceptors (Lipinski definition) is 6.